The van der Waals surface area contributed by atoms with Crippen molar-refractivity contribution in [3.8, 4) is 23.0 Å². The molecular formula is C48H97N4O10P17. The van der Waals surface area contributed by atoms with Gasteiger partial charge in [-0.25, -0.2) is 14.6 Å². The Bertz CT molecular complexity index is 1980. The number of nitrogens with one attached hydrogen (secondary N) is 1. The molecule has 2 aliphatic carbocycles. The molecule has 2 N–H and O–H groups in total. The molecule has 11 unspecified atom stereocenters. The maximum absolute atomic E-state index is 11.9. The smallest absolute Gasteiger partial charge is 0.407 e. The second-order valence-corrected chi connectivity index (χ2v) is 77.5. The molecule has 2 heterocycles. The minimum absolute atomic E-state index is 0.0220. The van der Waals surface area contributed by atoms with Gasteiger partial charge in [0.1, 0.15) is 6.10 Å². The van der Waals surface area contributed by atoms with E-state index in [9.17, 15) is 14.7 Å². The first-order valence-corrected chi connectivity index (χ1v) is 55.8. The summed E-state index contributed by atoms with van der Waals surface area (Å²) in [6.45, 7) is 11.4. The van der Waals surface area contributed by atoms with Crippen molar-refractivity contribution >= 4 is 151 Å². The molecule has 454 valence electrons. The highest BCUT2D eigenvalue weighted by Crippen LogP contribution is 3.04. The fourth-order valence-corrected chi connectivity index (χ4v) is 99.3. The molecule has 0 aromatic heterocycles. The Morgan fingerprint density at radius 3 is 1.49 bits per heavy atom. The molecule has 14 nitrogen and oxygen atoms in total. The summed E-state index contributed by atoms with van der Waals surface area (Å²) < 4.78 is 39.6. The van der Waals surface area contributed by atoms with Crippen molar-refractivity contribution in [2.45, 2.75) is 140 Å². The number of benzene rings is 2. The van der Waals surface area contributed by atoms with Gasteiger partial charge < -0.3 is 43.6 Å². The molecule has 31 heteroatoms. The van der Waals surface area contributed by atoms with Crippen LogP contribution in [0.5, 0.6) is 23.0 Å². The number of hydrogen-bond donors (Lipinski definition) is 2. The van der Waals surface area contributed by atoms with Gasteiger partial charge in [-0.15, -0.1) is 89.3 Å². The fraction of sp³-hybridized carbons (Fsp3) is 0.708. The lowest BCUT2D eigenvalue weighted by Crippen LogP contribution is -2.46. The minimum atomic E-state index is -0.292. The van der Waals surface area contributed by atoms with Crippen molar-refractivity contribution < 1.29 is 47.9 Å². The van der Waals surface area contributed by atoms with Gasteiger partial charge in [-0.1, -0.05) is 59.6 Å². The van der Waals surface area contributed by atoms with Crippen LogP contribution in [0, 0.1) is 0 Å². The van der Waals surface area contributed by atoms with Crippen LogP contribution in [0.3, 0.4) is 0 Å². The summed E-state index contributed by atoms with van der Waals surface area (Å²) in [6.07, 6.45) is 16.4. The van der Waals surface area contributed by atoms with E-state index < -0.39 is 0 Å². The zero-order valence-electron chi connectivity index (χ0n) is 47.4. The van der Waals surface area contributed by atoms with Crippen molar-refractivity contribution in [1.82, 2.24) is 15.1 Å². The van der Waals surface area contributed by atoms with Gasteiger partial charge in [0, 0.05) is 44.8 Å². The first kappa shape index (κ1) is 78.5. The number of aliphatic hydroxyl groups excluding tert-OH is 1. The van der Waals surface area contributed by atoms with E-state index in [0.29, 0.717) is 51.5 Å². The van der Waals surface area contributed by atoms with Crippen molar-refractivity contribution in [2.75, 3.05) is 80.9 Å². The molecule has 17 atom stereocenters. The van der Waals surface area contributed by atoms with Crippen LogP contribution in [0.25, 0.3) is 0 Å². The first-order chi connectivity index (χ1) is 37.9. The van der Waals surface area contributed by atoms with Gasteiger partial charge in [-0.2, -0.15) is 0 Å². The second kappa shape index (κ2) is 47.4. The minimum Gasteiger partial charge on any atom is -0.493 e. The number of carbonyl (C=O) groups is 1. The molecule has 2 aromatic rings. The third-order valence-electron chi connectivity index (χ3n) is 13.2. The summed E-state index contributed by atoms with van der Waals surface area (Å²) in [5, 5.41) is 12.6. The third-order valence-corrected chi connectivity index (χ3v) is 95.3. The van der Waals surface area contributed by atoms with E-state index in [1.807, 2.05) is 38.1 Å². The molecule has 0 bridgehead atoms. The molecule has 2 saturated carbocycles. The number of methoxy groups -OCH3 is 4. The highest BCUT2D eigenvalue weighted by Gasteiger charge is 2.37. The highest BCUT2D eigenvalue weighted by atomic mass is 33.2. The molecule has 0 radical (unpaired) electrons. The van der Waals surface area contributed by atoms with Gasteiger partial charge in [-0.3, -0.25) is 9.80 Å². The number of amides is 1. The SMILES string of the molecule is CCCN=C=O.CCCNC(=O)O[C@@H]1CCN([C@@H]2CCCC[C@H]2OCCc2ccc(OC)c(OC)c2)C1.COc1ccc(CCO[C@@H]2CCCC[C@H]2N2CC[C@@H](O)C2)cc1OC.PP(P)P(P)P(P)P.PPP(P(P)P)P(P)P. The number of likely N-dealkylation sites (tertiary alicyclic amines) is 2. The molecular weight excluding hydrogens is 1320 g/mol. The lowest BCUT2D eigenvalue weighted by Gasteiger charge is -2.37. The van der Waals surface area contributed by atoms with Crippen LogP contribution in [0.4, 0.5) is 4.79 Å². The lowest BCUT2D eigenvalue weighted by molar-refractivity contribution is -0.0320. The monoisotopic (exact) mass is 1420 g/mol. The predicted octanol–water partition coefficient (Wildman–Crippen LogP) is 16.2. The molecule has 79 heavy (non-hydrogen) atoms. The maximum Gasteiger partial charge on any atom is 0.407 e. The summed E-state index contributed by atoms with van der Waals surface area (Å²) in [6, 6.07) is 12.9. The number of β-amino-alcohol motifs (C(OH)–C–C–N with tert-alkyl or cyclic N) is 1. The second-order valence-electron chi connectivity index (χ2n) is 18.8. The Labute approximate surface area is 507 Å². The first-order valence-electron chi connectivity index (χ1n) is 26.7. The molecule has 2 aromatic carbocycles. The molecule has 1 amide bonds. The number of isocyanates is 1. The summed E-state index contributed by atoms with van der Waals surface area (Å²) in [7, 11) is 36.7. The summed E-state index contributed by atoms with van der Waals surface area (Å²) in [5.41, 5.74) is 2.37. The number of carbonyl (C=O) groups excluding carboxylic acids is 2. The van der Waals surface area contributed by atoms with Gasteiger partial charge in [-0.05, 0) is 142 Å². The fourth-order valence-electron chi connectivity index (χ4n) is 9.28. The Hall–Kier alpha value is 3.40. The van der Waals surface area contributed by atoms with Gasteiger partial charge in [0.25, 0.3) is 0 Å². The Balaban J connectivity index is 0.000000392. The van der Waals surface area contributed by atoms with Crippen LogP contribution < -0.4 is 24.3 Å². The largest absolute Gasteiger partial charge is 0.493 e. The van der Waals surface area contributed by atoms with Crippen LogP contribution in [-0.2, 0) is 31.8 Å². The average Bonchev–Trinajstić information content (AvgIpc) is 4.13. The summed E-state index contributed by atoms with van der Waals surface area (Å²) in [4.78, 5) is 29.3. The van der Waals surface area contributed by atoms with Crippen LogP contribution in [0.15, 0.2) is 41.4 Å². The number of hydrogen-bond acceptors (Lipinski definition) is 13. The van der Waals surface area contributed by atoms with E-state index in [1.54, 1.807) is 28.4 Å². The number of nitrogens with zero attached hydrogens (tertiary/aromatic N) is 3. The lowest BCUT2D eigenvalue weighted by atomic mass is 9.91. The van der Waals surface area contributed by atoms with E-state index in [1.165, 1.54) is 49.3 Å². The van der Waals surface area contributed by atoms with Crippen molar-refractivity contribution in [3.05, 3.63) is 47.5 Å². The van der Waals surface area contributed by atoms with E-state index >= 15 is 0 Å². The number of aliphatic imine (C=N–C) groups is 1. The topological polar surface area (TPSA) is 150 Å². The van der Waals surface area contributed by atoms with Gasteiger partial charge in [0.2, 0.25) is 6.08 Å². The summed E-state index contributed by atoms with van der Waals surface area (Å²) >= 11 is 0. The number of alkyl carbamates (subject to hydrolysis) is 1. The Morgan fingerprint density at radius 1 is 0.671 bits per heavy atom. The van der Waals surface area contributed by atoms with E-state index in [-0.39, 0.29) is 59.3 Å². The number of ether oxygens (including phenoxy) is 7. The zero-order chi connectivity index (χ0) is 58.7. The molecule has 0 spiro atoms. The number of rotatable bonds is 24. The normalized spacial score (nSPS) is 21.4. The quantitative estimate of drug-likeness (QED) is 0.0585. The van der Waals surface area contributed by atoms with Crippen molar-refractivity contribution in [3.63, 3.8) is 0 Å². The van der Waals surface area contributed by atoms with Gasteiger partial charge >= 0.3 is 6.09 Å². The molecule has 2 saturated heterocycles. The standard InChI is InChI=1S/C24H38N2O5.C20H31NO4.C4H7NO.H11P9.H10P8/c1-4-13-25-24(27)31-19-11-14-26(17-19)20-7-5-6-8-21(20)30-15-12-18-9-10-22(28-2)23(16-18)29-3;1-23-19-8-7-15(13-20(19)24-2)10-12-25-18-6-4-3-5-17(18)21-11-9-16(22)14-21;1-2-3-5-4-6;1-6-9(7(2)3)8(4)5;1-6(2)8(5)7(3)4/h9-10,16,19-21H,4-8,11-15,17H2,1-3H3,(H,25,27);7-8,13,16-18,22H,3-6,9-12,14H2,1-2H3;2-3H2,1H3;6H,1-5H2;1-5H2/t19-,20-,21-;16-,17-,18-;;;/m11.../s1. The Kier molecular flexibility index (Phi) is 47.1. The summed E-state index contributed by atoms with van der Waals surface area (Å²) in [5.74, 6) is 3.02. The van der Waals surface area contributed by atoms with Gasteiger partial charge in [0.15, 0.2) is 23.0 Å². The van der Waals surface area contributed by atoms with Crippen LogP contribution in [0.1, 0.15) is 102 Å². The molecule has 2 aliphatic heterocycles. The zero-order valence-corrected chi connectivity index (χ0v) is 65.3. The average molecular weight is 1420 g/mol. The van der Waals surface area contributed by atoms with E-state index in [0.717, 1.165) is 115 Å². The predicted molar refractivity (Wildman–Crippen MR) is 388 cm³/mol. The third kappa shape index (κ3) is 32.1. The Morgan fingerprint density at radius 2 is 1.14 bits per heavy atom. The van der Waals surface area contributed by atoms with E-state index in [4.69, 9.17) is 33.2 Å². The molecule has 4 aliphatic rings. The van der Waals surface area contributed by atoms with Crippen molar-refractivity contribution in [1.29, 1.82) is 0 Å². The van der Waals surface area contributed by atoms with E-state index in [2.05, 4.69) is 122 Å². The van der Waals surface area contributed by atoms with Gasteiger partial charge in [0.05, 0.1) is 66.5 Å². The van der Waals surface area contributed by atoms with Crippen LogP contribution in [-0.4, -0.2) is 145 Å². The molecule has 4 fully saturated rings. The molecule has 6 rings (SSSR count). The highest BCUT2D eigenvalue weighted by molar-refractivity contribution is 9.10. The van der Waals surface area contributed by atoms with Crippen molar-refractivity contribution in [2.24, 2.45) is 4.99 Å². The van der Waals surface area contributed by atoms with Crippen LogP contribution in [0.2, 0.25) is 0 Å². The maximum atomic E-state index is 11.9. The van der Waals surface area contributed by atoms with Crippen LogP contribution >= 0.6 is 139 Å². The number of aliphatic hydroxyl groups is 1.